The fourth-order valence-electron chi connectivity index (χ4n) is 20.4. The van der Waals surface area contributed by atoms with Crippen molar-refractivity contribution in [2.45, 2.75) is 166 Å². The summed E-state index contributed by atoms with van der Waals surface area (Å²) in [5.41, 5.74) is 34.3. The molecule has 0 nitrogen and oxygen atoms in total. The zero-order valence-electron chi connectivity index (χ0n) is 48.0. The summed E-state index contributed by atoms with van der Waals surface area (Å²) >= 11 is -2.83. The Morgan fingerprint density at radius 3 is 0.882 bits per heavy atom. The van der Waals surface area contributed by atoms with E-state index in [2.05, 4.69) is 178 Å². The van der Waals surface area contributed by atoms with Crippen molar-refractivity contribution in [2.24, 2.45) is 46.3 Å². The Morgan fingerprint density at radius 2 is 0.618 bits per heavy atom. The molecule has 10 aliphatic rings. The van der Waals surface area contributed by atoms with E-state index >= 15 is 0 Å². The molecule has 10 aliphatic carbocycles. The van der Waals surface area contributed by atoms with E-state index in [4.69, 9.17) is 0 Å². The van der Waals surface area contributed by atoms with E-state index in [0.29, 0.717) is 18.1 Å². The van der Waals surface area contributed by atoms with Crippen molar-refractivity contribution in [1.29, 1.82) is 0 Å². The second-order valence-electron chi connectivity index (χ2n) is 28.6. The minimum atomic E-state index is -2.83. The van der Waals surface area contributed by atoms with Crippen LogP contribution in [0.5, 0.6) is 0 Å². The van der Waals surface area contributed by atoms with Gasteiger partial charge in [0.05, 0.1) is 0 Å². The molecule has 8 bridgehead atoms. The Balaban J connectivity index is 1.05. The summed E-state index contributed by atoms with van der Waals surface area (Å²) < 4.78 is 1.10. The van der Waals surface area contributed by atoms with Crippen LogP contribution in [0.3, 0.4) is 0 Å². The van der Waals surface area contributed by atoms with E-state index in [9.17, 15) is 0 Å². The summed E-state index contributed by atoms with van der Waals surface area (Å²) in [6, 6.07) is 40.3. The van der Waals surface area contributed by atoms with E-state index in [1.807, 2.05) is 11.1 Å². The average molecular weight is 1090 g/mol. The molecule has 2 heteroatoms. The van der Waals surface area contributed by atoms with Crippen molar-refractivity contribution in [2.75, 3.05) is 0 Å². The molecule has 0 N–H and O–H groups in total. The third-order valence-corrected chi connectivity index (χ3v) is 43.1. The van der Waals surface area contributed by atoms with Crippen molar-refractivity contribution in [1.82, 2.24) is 0 Å². The summed E-state index contributed by atoms with van der Waals surface area (Å²) in [5, 5.41) is 0. The molecule has 6 aromatic carbocycles. The summed E-state index contributed by atoms with van der Waals surface area (Å²) in [6.07, 6.45) is 26.5. The van der Waals surface area contributed by atoms with Gasteiger partial charge in [-0.2, -0.15) is 0 Å². The molecule has 0 heterocycles. The molecule has 6 aromatic rings. The zero-order chi connectivity index (χ0) is 52.1. The van der Waals surface area contributed by atoms with Crippen LogP contribution in [0.25, 0.3) is 56.7 Å². The molecule has 0 amide bonds. The summed E-state index contributed by atoms with van der Waals surface area (Å²) in [6.45, 7) is 24.4. The van der Waals surface area contributed by atoms with Gasteiger partial charge >= 0.3 is 470 Å². The van der Waals surface area contributed by atoms with Gasteiger partial charge in [-0.1, -0.05) is 0 Å². The van der Waals surface area contributed by atoms with Gasteiger partial charge in [0.15, 0.2) is 0 Å². The Bertz CT molecular complexity index is 3050. The van der Waals surface area contributed by atoms with Crippen LogP contribution in [0.1, 0.15) is 164 Å². The van der Waals surface area contributed by atoms with Gasteiger partial charge in [-0.05, 0) is 0 Å². The number of fused-ring (bicyclic) bond motifs is 2. The molecule has 2 unspecified atom stereocenters. The number of aryl methyl sites for hydroxylation is 8. The van der Waals surface area contributed by atoms with Gasteiger partial charge in [0.1, 0.15) is 0 Å². The van der Waals surface area contributed by atoms with Crippen molar-refractivity contribution >= 4 is 18.1 Å². The number of hydrogen-bond donors (Lipinski definition) is 0. The second kappa shape index (κ2) is 18.8. The topological polar surface area (TPSA) is 0 Å². The van der Waals surface area contributed by atoms with Gasteiger partial charge < -0.3 is 0 Å². The first kappa shape index (κ1) is 50.1. The van der Waals surface area contributed by atoms with Crippen LogP contribution in [0.4, 0.5) is 0 Å². The number of allylic oxidation sites excluding steroid dienone is 2. The molecule has 8 fully saturated rings. The van der Waals surface area contributed by atoms with Crippen LogP contribution in [0.15, 0.2) is 108 Å². The molecule has 0 aromatic heterocycles. The van der Waals surface area contributed by atoms with E-state index < -0.39 is 26.8 Å². The normalized spacial score (nSPS) is 29.3. The Hall–Kier alpha value is -4.10. The third-order valence-electron chi connectivity index (χ3n) is 21.5. The second-order valence-corrected chi connectivity index (χ2v) is 48.7. The van der Waals surface area contributed by atoms with E-state index in [0.717, 1.165) is 35.5 Å². The van der Waals surface area contributed by atoms with Gasteiger partial charge in [-0.15, -0.1) is 0 Å². The molecular weight excluding hydrogens is 1010 g/mol. The predicted octanol–water partition coefficient (Wildman–Crippen LogP) is 20.2. The van der Waals surface area contributed by atoms with Gasteiger partial charge in [0.25, 0.3) is 0 Å². The minimum absolute atomic E-state index is 0.458. The molecule has 0 saturated heterocycles. The summed E-state index contributed by atoms with van der Waals surface area (Å²) in [4.78, 5) is 0. The maximum atomic E-state index is 2.95. The zero-order valence-corrected chi connectivity index (χ0v) is 51.6. The van der Waals surface area contributed by atoms with Crippen LogP contribution in [-0.4, -0.2) is 5.92 Å². The molecule has 76 heavy (non-hydrogen) atoms. The van der Waals surface area contributed by atoms with Crippen LogP contribution in [-0.2, 0) is 20.9 Å². The van der Waals surface area contributed by atoms with Gasteiger partial charge in [-0.25, -0.2) is 0 Å². The Morgan fingerprint density at radius 1 is 0.368 bits per heavy atom. The predicted molar refractivity (Wildman–Crippen MR) is 323 cm³/mol. The number of rotatable bonds is 11. The van der Waals surface area contributed by atoms with Crippen molar-refractivity contribution < 1.29 is 20.9 Å². The molecule has 0 spiro atoms. The maximum absolute atomic E-state index is 2.95. The van der Waals surface area contributed by atoms with E-state index in [-0.39, 0.29) is 0 Å². The van der Waals surface area contributed by atoms with E-state index in [1.54, 1.807) is 33.4 Å². The van der Waals surface area contributed by atoms with Gasteiger partial charge in [0.2, 0.25) is 0 Å². The molecule has 0 aliphatic heterocycles. The van der Waals surface area contributed by atoms with Crippen LogP contribution >= 0.6 is 0 Å². The SMILES string of the molecule is Cc1cc(C)cc(-c2ccc(-c3cc(C)cc(C)c3)c3c2C=C(CC24CC5CC(CC(C5)C2)C4)[CH]3[Zr]([CH]2C(CC34CC5CC(CC(C5)C3)C4)=Cc3c(-c4cc(C)cc(C)c4)ccc(-c4cc(C)cc(C)c4)c32)[SiH](C)C)c1. The van der Waals surface area contributed by atoms with Crippen molar-refractivity contribution in [3.8, 4) is 44.5 Å². The first-order valence-corrected chi connectivity index (χ1v) is 40.4. The van der Waals surface area contributed by atoms with Crippen LogP contribution in [0.2, 0.25) is 13.1 Å². The average Bonchev–Trinajstić information content (AvgIpc) is 4.07. The monoisotopic (exact) mass is 1090 g/mol. The Labute approximate surface area is 467 Å². The van der Waals surface area contributed by atoms with Crippen molar-refractivity contribution in [3.05, 3.63) is 175 Å². The van der Waals surface area contributed by atoms with Gasteiger partial charge in [0, 0.05) is 0 Å². The van der Waals surface area contributed by atoms with E-state index in [1.165, 1.54) is 168 Å². The number of hydrogen-bond acceptors (Lipinski definition) is 0. The standard InChI is InChI=1S/2C36H39.C2H7Si.Zr/c2*1-22-7-23(2)10-30(9-22)32-5-6-33(31-11-24(3)8-25(4)12-31)35-17-29(16-34(32)35)21-36-18-26-13-27(19-36)15-28(14-26)20-36;1-3-2;/h2*5-12,16-17,26-28H,13-15,18-21H2,1-4H3;3H,1-2H3;. The number of benzene rings is 6. The molecule has 0 radical (unpaired) electrons. The first-order valence-electron chi connectivity index (χ1n) is 30.5. The summed E-state index contributed by atoms with van der Waals surface area (Å²) in [5.74, 6) is 4.36. The van der Waals surface area contributed by atoms with Crippen molar-refractivity contribution in [3.63, 3.8) is 0 Å². The molecule has 2 atom stereocenters. The third kappa shape index (κ3) is 8.83. The van der Waals surface area contributed by atoms with Crippen LogP contribution in [0, 0.1) is 102 Å². The summed E-state index contributed by atoms with van der Waals surface area (Å²) in [7, 11) is 0. The fourth-order valence-corrected chi connectivity index (χ4v) is 43.1. The quantitative estimate of drug-likeness (QED) is 0.113. The molecule has 389 valence electrons. The molecule has 8 saturated carbocycles. The molecule has 16 rings (SSSR count). The Kier molecular flexibility index (Phi) is 12.4. The fraction of sp³-hybridized carbons (Fsp3) is 0.459. The van der Waals surface area contributed by atoms with Crippen LogP contribution < -0.4 is 0 Å². The molecular formula is C74H85SiZr. The first-order chi connectivity index (χ1) is 36.5. The van der Waals surface area contributed by atoms with Gasteiger partial charge in [-0.3, -0.25) is 0 Å².